The van der Waals surface area contributed by atoms with E-state index in [0.717, 1.165) is 5.56 Å². The van der Waals surface area contributed by atoms with Gasteiger partial charge in [-0.2, -0.15) is 0 Å². The molecule has 3 rings (SSSR count). The second kappa shape index (κ2) is 6.52. The molecule has 1 aliphatic rings. The number of aromatic nitrogens is 1. The zero-order chi connectivity index (χ0) is 17.3. The molecule has 2 atom stereocenters. The van der Waals surface area contributed by atoms with Gasteiger partial charge in [0.25, 0.3) is 0 Å². The van der Waals surface area contributed by atoms with Gasteiger partial charge < -0.3 is 9.64 Å². The standard InChI is InChI=1S/C17H18FN3O3/c1-11-7-8-19-17(16(11)21(22)23)20-9-12(2)24-15(10-20)13-3-5-14(18)6-4-13/h3-8,12,15H,9-10H2,1-2H3. The molecule has 0 bridgehead atoms. The second-order valence-electron chi connectivity index (χ2n) is 5.95. The van der Waals surface area contributed by atoms with Crippen LogP contribution in [0.15, 0.2) is 36.5 Å². The van der Waals surface area contributed by atoms with Crippen molar-refractivity contribution in [1.82, 2.24) is 4.98 Å². The minimum absolute atomic E-state index is 0.0180. The third-order valence-corrected chi connectivity index (χ3v) is 4.09. The van der Waals surface area contributed by atoms with Gasteiger partial charge in [-0.15, -0.1) is 0 Å². The topological polar surface area (TPSA) is 68.5 Å². The lowest BCUT2D eigenvalue weighted by Crippen LogP contribution is -2.43. The summed E-state index contributed by atoms with van der Waals surface area (Å²) < 4.78 is 19.1. The van der Waals surface area contributed by atoms with Gasteiger partial charge in [-0.1, -0.05) is 12.1 Å². The van der Waals surface area contributed by atoms with Crippen LogP contribution in [0.5, 0.6) is 0 Å². The average molecular weight is 331 g/mol. The summed E-state index contributed by atoms with van der Waals surface area (Å²) in [4.78, 5) is 17.1. The summed E-state index contributed by atoms with van der Waals surface area (Å²) in [6.45, 7) is 4.54. The molecule has 1 fully saturated rings. The molecule has 1 aliphatic heterocycles. The molecule has 0 spiro atoms. The van der Waals surface area contributed by atoms with E-state index in [0.29, 0.717) is 24.5 Å². The van der Waals surface area contributed by atoms with Crippen molar-refractivity contribution in [2.75, 3.05) is 18.0 Å². The fraction of sp³-hybridized carbons (Fsp3) is 0.353. The molecule has 24 heavy (non-hydrogen) atoms. The van der Waals surface area contributed by atoms with Gasteiger partial charge in [0.05, 0.1) is 17.6 Å². The van der Waals surface area contributed by atoms with E-state index in [2.05, 4.69) is 4.98 Å². The first-order chi connectivity index (χ1) is 11.5. The molecule has 0 N–H and O–H groups in total. The summed E-state index contributed by atoms with van der Waals surface area (Å²) in [6.07, 6.45) is 1.15. The lowest BCUT2D eigenvalue weighted by atomic mass is 10.1. The smallest absolute Gasteiger partial charge is 0.314 e. The number of aryl methyl sites for hydroxylation is 1. The summed E-state index contributed by atoms with van der Waals surface area (Å²) in [6, 6.07) is 7.75. The van der Waals surface area contributed by atoms with Crippen LogP contribution in [-0.4, -0.2) is 29.1 Å². The van der Waals surface area contributed by atoms with Crippen molar-refractivity contribution < 1.29 is 14.1 Å². The zero-order valence-electron chi connectivity index (χ0n) is 13.5. The van der Waals surface area contributed by atoms with Crippen molar-refractivity contribution in [2.24, 2.45) is 0 Å². The lowest BCUT2D eigenvalue weighted by molar-refractivity contribution is -0.385. The van der Waals surface area contributed by atoms with Crippen LogP contribution in [0.25, 0.3) is 0 Å². The number of nitro groups is 1. The molecule has 1 aromatic heterocycles. The summed E-state index contributed by atoms with van der Waals surface area (Å²) in [7, 11) is 0. The SMILES string of the molecule is Cc1ccnc(N2CC(C)OC(c3ccc(F)cc3)C2)c1[N+](=O)[O-]. The third kappa shape index (κ3) is 3.21. The Labute approximate surface area is 139 Å². The summed E-state index contributed by atoms with van der Waals surface area (Å²) in [5, 5.41) is 11.4. The zero-order valence-corrected chi connectivity index (χ0v) is 13.5. The van der Waals surface area contributed by atoms with Crippen molar-refractivity contribution in [2.45, 2.75) is 26.1 Å². The van der Waals surface area contributed by atoms with Gasteiger partial charge in [-0.3, -0.25) is 10.1 Å². The minimum Gasteiger partial charge on any atom is -0.367 e. The number of ether oxygens (including phenoxy) is 1. The molecule has 0 amide bonds. The number of halogens is 1. The average Bonchev–Trinajstić information content (AvgIpc) is 2.54. The van der Waals surface area contributed by atoms with Gasteiger partial charge in [0.1, 0.15) is 11.9 Å². The van der Waals surface area contributed by atoms with Gasteiger partial charge >= 0.3 is 5.69 Å². The molecule has 2 heterocycles. The fourth-order valence-corrected chi connectivity index (χ4v) is 2.98. The Bertz CT molecular complexity index is 751. The summed E-state index contributed by atoms with van der Waals surface area (Å²) in [5.74, 6) is 0.0396. The van der Waals surface area contributed by atoms with Crippen molar-refractivity contribution >= 4 is 11.5 Å². The van der Waals surface area contributed by atoms with Gasteiger partial charge in [0.15, 0.2) is 0 Å². The Morgan fingerprint density at radius 1 is 1.29 bits per heavy atom. The number of pyridine rings is 1. The maximum atomic E-state index is 13.1. The molecule has 1 aromatic carbocycles. The number of hydrogen-bond acceptors (Lipinski definition) is 5. The maximum Gasteiger partial charge on any atom is 0.314 e. The van der Waals surface area contributed by atoms with Crippen LogP contribution in [0.1, 0.15) is 24.2 Å². The molecule has 2 aromatic rings. The van der Waals surface area contributed by atoms with Crippen molar-refractivity contribution in [3.63, 3.8) is 0 Å². The summed E-state index contributed by atoms with van der Waals surface area (Å²) in [5.41, 5.74) is 1.43. The highest BCUT2D eigenvalue weighted by Gasteiger charge is 2.32. The van der Waals surface area contributed by atoms with Crippen LogP contribution in [-0.2, 0) is 4.74 Å². The van der Waals surface area contributed by atoms with Crippen LogP contribution < -0.4 is 4.90 Å². The molecule has 0 saturated carbocycles. The molecule has 0 aliphatic carbocycles. The highest BCUT2D eigenvalue weighted by atomic mass is 19.1. The van der Waals surface area contributed by atoms with E-state index in [1.807, 2.05) is 11.8 Å². The number of nitrogens with zero attached hydrogens (tertiary/aromatic N) is 3. The molecule has 126 valence electrons. The predicted molar refractivity (Wildman–Crippen MR) is 87.5 cm³/mol. The lowest BCUT2D eigenvalue weighted by Gasteiger charge is -2.37. The molecular weight excluding hydrogens is 313 g/mol. The first-order valence-electron chi connectivity index (χ1n) is 7.71. The molecule has 7 heteroatoms. The number of rotatable bonds is 3. The fourth-order valence-electron chi connectivity index (χ4n) is 2.98. The van der Waals surface area contributed by atoms with E-state index in [9.17, 15) is 14.5 Å². The number of anilines is 1. The Balaban J connectivity index is 1.93. The van der Waals surface area contributed by atoms with E-state index in [1.54, 1.807) is 31.3 Å². The quantitative estimate of drug-likeness (QED) is 0.637. The molecule has 2 unspecified atom stereocenters. The van der Waals surface area contributed by atoms with Gasteiger partial charge in [0, 0.05) is 18.3 Å². The highest BCUT2D eigenvalue weighted by Crippen LogP contribution is 2.34. The van der Waals surface area contributed by atoms with Gasteiger partial charge in [-0.05, 0) is 37.6 Å². The van der Waals surface area contributed by atoms with Crippen molar-refractivity contribution in [3.8, 4) is 0 Å². The normalized spacial score (nSPS) is 20.9. The first-order valence-corrected chi connectivity index (χ1v) is 7.71. The Kier molecular flexibility index (Phi) is 4.44. The van der Waals surface area contributed by atoms with Crippen molar-refractivity contribution in [1.29, 1.82) is 0 Å². The minimum atomic E-state index is -0.398. The monoisotopic (exact) mass is 331 g/mol. The van der Waals surface area contributed by atoms with E-state index in [-0.39, 0.29) is 23.7 Å². The molecular formula is C17H18FN3O3. The van der Waals surface area contributed by atoms with Crippen molar-refractivity contribution in [3.05, 3.63) is 63.6 Å². The van der Waals surface area contributed by atoms with Gasteiger partial charge in [0.2, 0.25) is 5.82 Å². The van der Waals surface area contributed by atoms with E-state index >= 15 is 0 Å². The first kappa shape index (κ1) is 16.3. The van der Waals surface area contributed by atoms with E-state index in [4.69, 9.17) is 4.74 Å². The van der Waals surface area contributed by atoms with Crippen LogP contribution in [0.3, 0.4) is 0 Å². The molecule has 1 saturated heterocycles. The summed E-state index contributed by atoms with van der Waals surface area (Å²) >= 11 is 0. The highest BCUT2D eigenvalue weighted by molar-refractivity contribution is 5.62. The molecule has 6 nitrogen and oxygen atoms in total. The largest absolute Gasteiger partial charge is 0.367 e. The Morgan fingerprint density at radius 3 is 2.67 bits per heavy atom. The third-order valence-electron chi connectivity index (χ3n) is 4.09. The van der Waals surface area contributed by atoms with E-state index < -0.39 is 4.92 Å². The number of benzene rings is 1. The maximum absolute atomic E-state index is 13.1. The Hall–Kier alpha value is -2.54. The molecule has 0 radical (unpaired) electrons. The number of morpholine rings is 1. The van der Waals surface area contributed by atoms with Crippen LogP contribution in [0.4, 0.5) is 15.9 Å². The Morgan fingerprint density at radius 2 is 2.00 bits per heavy atom. The van der Waals surface area contributed by atoms with Crippen LogP contribution in [0, 0.1) is 22.9 Å². The van der Waals surface area contributed by atoms with Gasteiger partial charge in [-0.25, -0.2) is 9.37 Å². The number of hydrogen-bond donors (Lipinski definition) is 0. The second-order valence-corrected chi connectivity index (χ2v) is 5.95. The van der Waals surface area contributed by atoms with Crippen LogP contribution in [0.2, 0.25) is 0 Å². The predicted octanol–water partition coefficient (Wildman–Crippen LogP) is 3.40. The van der Waals surface area contributed by atoms with Crippen LogP contribution >= 0.6 is 0 Å². The van der Waals surface area contributed by atoms with E-state index in [1.165, 1.54) is 12.1 Å².